The molecule has 0 fully saturated rings. The van der Waals surface area contributed by atoms with E-state index in [1.165, 1.54) is 13.2 Å². The number of H-pyrrole nitrogens is 1. The molecule has 0 radical (unpaired) electrons. The molecule has 1 aromatic heterocycles. The lowest BCUT2D eigenvalue weighted by atomic mass is 9.92. The summed E-state index contributed by atoms with van der Waals surface area (Å²) in [7, 11) is 1.48. The molecule has 0 unspecified atom stereocenters. The van der Waals surface area contributed by atoms with E-state index in [1.807, 2.05) is 43.4 Å². The zero-order valence-corrected chi connectivity index (χ0v) is 14.5. The van der Waals surface area contributed by atoms with Gasteiger partial charge in [-0.1, -0.05) is 20.8 Å². The summed E-state index contributed by atoms with van der Waals surface area (Å²) in [5, 5.41) is 9.65. The molecule has 0 atom stereocenters. The SMILES string of the molecule is COc1cc(-c2nc(C(C)(C)C)c(I)c(=O)[nH]2)ccc1O. The van der Waals surface area contributed by atoms with E-state index in [4.69, 9.17) is 4.74 Å². The molecule has 2 aromatic rings. The van der Waals surface area contributed by atoms with Crippen molar-refractivity contribution in [3.63, 3.8) is 0 Å². The molecule has 112 valence electrons. The highest BCUT2D eigenvalue weighted by atomic mass is 127. The Labute approximate surface area is 136 Å². The summed E-state index contributed by atoms with van der Waals surface area (Å²) < 4.78 is 5.68. The van der Waals surface area contributed by atoms with Crippen LogP contribution in [0.4, 0.5) is 0 Å². The Hall–Kier alpha value is -1.57. The summed E-state index contributed by atoms with van der Waals surface area (Å²) in [5.74, 6) is 0.847. The van der Waals surface area contributed by atoms with Crippen molar-refractivity contribution in [1.29, 1.82) is 0 Å². The van der Waals surface area contributed by atoms with Gasteiger partial charge in [-0.05, 0) is 40.8 Å². The maximum atomic E-state index is 12.1. The lowest BCUT2D eigenvalue weighted by molar-refractivity contribution is 0.373. The second-order valence-electron chi connectivity index (χ2n) is 5.71. The number of rotatable bonds is 2. The van der Waals surface area contributed by atoms with Crippen molar-refractivity contribution in [2.24, 2.45) is 0 Å². The maximum absolute atomic E-state index is 12.1. The number of methoxy groups -OCH3 is 1. The number of aromatic amines is 1. The minimum absolute atomic E-state index is 0.0464. The summed E-state index contributed by atoms with van der Waals surface area (Å²) in [6.07, 6.45) is 0. The maximum Gasteiger partial charge on any atom is 0.264 e. The van der Waals surface area contributed by atoms with E-state index in [2.05, 4.69) is 9.97 Å². The first-order chi connectivity index (χ1) is 9.74. The molecular formula is C15H17IN2O3. The predicted molar refractivity (Wildman–Crippen MR) is 89.9 cm³/mol. The largest absolute Gasteiger partial charge is 0.504 e. The molecule has 0 aliphatic carbocycles. The van der Waals surface area contributed by atoms with Gasteiger partial charge in [-0.15, -0.1) is 0 Å². The molecule has 0 amide bonds. The summed E-state index contributed by atoms with van der Waals surface area (Å²) in [5.41, 5.74) is 1.02. The standard InChI is InChI=1S/C15H17IN2O3/c1-15(2,3)12-11(16)14(20)18-13(17-12)8-5-6-9(19)10(7-8)21-4/h5-7,19H,1-4H3,(H,17,18,20). The van der Waals surface area contributed by atoms with Crippen LogP contribution in [-0.4, -0.2) is 22.2 Å². The fourth-order valence-electron chi connectivity index (χ4n) is 1.92. The van der Waals surface area contributed by atoms with Crippen LogP contribution in [0.15, 0.2) is 23.0 Å². The normalized spacial score (nSPS) is 11.5. The number of benzene rings is 1. The zero-order chi connectivity index (χ0) is 15.8. The number of hydrogen-bond acceptors (Lipinski definition) is 4. The molecule has 5 nitrogen and oxygen atoms in total. The van der Waals surface area contributed by atoms with Crippen LogP contribution in [0.25, 0.3) is 11.4 Å². The summed E-state index contributed by atoms with van der Waals surface area (Å²) in [6.45, 7) is 6.04. The number of halogens is 1. The van der Waals surface area contributed by atoms with Crippen molar-refractivity contribution in [2.45, 2.75) is 26.2 Å². The topological polar surface area (TPSA) is 75.2 Å². The molecule has 0 bridgehead atoms. The van der Waals surface area contributed by atoms with E-state index in [1.54, 1.807) is 12.1 Å². The third-order valence-electron chi connectivity index (χ3n) is 3.03. The van der Waals surface area contributed by atoms with E-state index < -0.39 is 0 Å². The van der Waals surface area contributed by atoms with Crippen LogP contribution in [0, 0.1) is 3.57 Å². The predicted octanol–water partition coefficient (Wildman–Crippen LogP) is 3.05. The first kappa shape index (κ1) is 15.8. The molecule has 2 N–H and O–H groups in total. The minimum Gasteiger partial charge on any atom is -0.504 e. The lowest BCUT2D eigenvalue weighted by Gasteiger charge is -2.19. The minimum atomic E-state index is -0.236. The number of nitrogens with one attached hydrogen (secondary N) is 1. The molecule has 1 aromatic carbocycles. The van der Waals surface area contributed by atoms with E-state index in [0.717, 1.165) is 5.69 Å². The second-order valence-corrected chi connectivity index (χ2v) is 6.79. The highest BCUT2D eigenvalue weighted by Gasteiger charge is 2.22. The summed E-state index contributed by atoms with van der Waals surface area (Å²) >= 11 is 2.01. The van der Waals surface area contributed by atoms with Crippen molar-refractivity contribution >= 4 is 22.6 Å². The number of hydrogen-bond donors (Lipinski definition) is 2. The Morgan fingerprint density at radius 1 is 1.33 bits per heavy atom. The van der Waals surface area contributed by atoms with Gasteiger partial charge >= 0.3 is 0 Å². The molecular weight excluding hydrogens is 383 g/mol. The number of ether oxygens (including phenoxy) is 1. The molecule has 0 aliphatic heterocycles. The van der Waals surface area contributed by atoms with Gasteiger partial charge < -0.3 is 14.8 Å². The third-order valence-corrected chi connectivity index (χ3v) is 4.03. The van der Waals surface area contributed by atoms with Gasteiger partial charge in [0.1, 0.15) is 9.39 Å². The van der Waals surface area contributed by atoms with Crippen LogP contribution < -0.4 is 10.3 Å². The fourth-order valence-corrected chi connectivity index (χ4v) is 2.98. The van der Waals surface area contributed by atoms with Crippen LogP contribution in [0.1, 0.15) is 26.5 Å². The fraction of sp³-hybridized carbons (Fsp3) is 0.333. The highest BCUT2D eigenvalue weighted by molar-refractivity contribution is 14.1. The first-order valence-corrected chi connectivity index (χ1v) is 7.49. The summed E-state index contributed by atoms with van der Waals surface area (Å²) in [6, 6.07) is 4.85. The van der Waals surface area contributed by atoms with Crippen molar-refractivity contribution in [3.8, 4) is 22.9 Å². The van der Waals surface area contributed by atoms with Crippen molar-refractivity contribution in [2.75, 3.05) is 7.11 Å². The zero-order valence-electron chi connectivity index (χ0n) is 12.3. The van der Waals surface area contributed by atoms with Gasteiger partial charge in [0.25, 0.3) is 5.56 Å². The van der Waals surface area contributed by atoms with Crippen LogP contribution in [0.2, 0.25) is 0 Å². The van der Waals surface area contributed by atoms with E-state index in [9.17, 15) is 9.90 Å². The van der Waals surface area contributed by atoms with Gasteiger partial charge in [0.2, 0.25) is 0 Å². The highest BCUT2D eigenvalue weighted by Crippen LogP contribution is 2.31. The molecule has 0 spiro atoms. The van der Waals surface area contributed by atoms with Crippen LogP contribution in [0.3, 0.4) is 0 Å². The Morgan fingerprint density at radius 3 is 2.57 bits per heavy atom. The number of phenolic OH excluding ortho intramolecular Hbond substituents is 1. The Bertz CT molecular complexity index is 733. The number of aromatic nitrogens is 2. The molecule has 2 rings (SSSR count). The van der Waals surface area contributed by atoms with Crippen LogP contribution >= 0.6 is 22.6 Å². The summed E-state index contributed by atoms with van der Waals surface area (Å²) in [4.78, 5) is 19.5. The average molecular weight is 400 g/mol. The van der Waals surface area contributed by atoms with E-state index >= 15 is 0 Å². The monoisotopic (exact) mass is 400 g/mol. The smallest absolute Gasteiger partial charge is 0.264 e. The molecule has 21 heavy (non-hydrogen) atoms. The molecule has 0 aliphatic rings. The molecule has 6 heteroatoms. The molecule has 0 saturated heterocycles. The van der Waals surface area contributed by atoms with Gasteiger partial charge in [-0.25, -0.2) is 4.98 Å². The second kappa shape index (κ2) is 5.67. The van der Waals surface area contributed by atoms with Crippen molar-refractivity contribution < 1.29 is 9.84 Å². The first-order valence-electron chi connectivity index (χ1n) is 6.41. The Morgan fingerprint density at radius 2 is 2.00 bits per heavy atom. The number of nitrogens with zero attached hydrogens (tertiary/aromatic N) is 1. The van der Waals surface area contributed by atoms with Gasteiger partial charge in [-0.3, -0.25) is 4.79 Å². The van der Waals surface area contributed by atoms with Gasteiger partial charge in [0, 0.05) is 11.0 Å². The van der Waals surface area contributed by atoms with Crippen LogP contribution in [0.5, 0.6) is 11.5 Å². The Balaban J connectivity index is 2.65. The van der Waals surface area contributed by atoms with E-state index in [0.29, 0.717) is 20.7 Å². The number of aromatic hydroxyl groups is 1. The van der Waals surface area contributed by atoms with Gasteiger partial charge in [-0.2, -0.15) is 0 Å². The van der Waals surface area contributed by atoms with Gasteiger partial charge in [0.15, 0.2) is 11.5 Å². The lowest BCUT2D eigenvalue weighted by Crippen LogP contribution is -2.24. The molecule has 1 heterocycles. The van der Waals surface area contributed by atoms with Crippen molar-refractivity contribution in [1.82, 2.24) is 9.97 Å². The Kier molecular flexibility index (Phi) is 4.27. The third kappa shape index (κ3) is 3.20. The quantitative estimate of drug-likeness (QED) is 0.760. The van der Waals surface area contributed by atoms with E-state index in [-0.39, 0.29) is 16.7 Å². The van der Waals surface area contributed by atoms with Gasteiger partial charge in [0.05, 0.1) is 12.8 Å². The van der Waals surface area contributed by atoms with Crippen LogP contribution in [-0.2, 0) is 5.41 Å². The molecule has 0 saturated carbocycles. The number of phenols is 1. The average Bonchev–Trinajstić information content (AvgIpc) is 2.41. The van der Waals surface area contributed by atoms with Crippen molar-refractivity contribution in [3.05, 3.63) is 37.8 Å².